The average Bonchev–Trinajstić information content (AvgIpc) is 3.06. The summed E-state index contributed by atoms with van der Waals surface area (Å²) in [7, 11) is 0. The Morgan fingerprint density at radius 1 is 1.08 bits per heavy atom. The molecule has 0 spiro atoms. The van der Waals surface area contributed by atoms with Crippen molar-refractivity contribution >= 4 is 23.7 Å². The quantitative estimate of drug-likeness (QED) is 0.509. The third-order valence-corrected chi connectivity index (χ3v) is 3.84. The van der Waals surface area contributed by atoms with E-state index in [1.54, 1.807) is 24.3 Å². The first kappa shape index (κ1) is 16.5. The van der Waals surface area contributed by atoms with Crippen molar-refractivity contribution < 1.29 is 19.1 Å². The number of hydrogen-bond donors (Lipinski definition) is 2. The average molecular weight is 339 g/mol. The predicted molar refractivity (Wildman–Crippen MR) is 92.8 cm³/mol. The summed E-state index contributed by atoms with van der Waals surface area (Å²) in [6.45, 7) is 3.99. The second-order valence-corrected chi connectivity index (χ2v) is 5.51. The summed E-state index contributed by atoms with van der Waals surface area (Å²) < 4.78 is 10.5. The molecule has 0 unspecified atom stereocenters. The normalized spacial score (nSPS) is 12.2. The minimum atomic E-state index is -0.849. The Kier molecular flexibility index (Phi) is 4.65. The molecule has 0 saturated carbocycles. The number of rotatable bonds is 3. The zero-order valence-electron chi connectivity index (χ0n) is 13.8. The Morgan fingerprint density at radius 3 is 2.72 bits per heavy atom. The SMILES string of the molecule is Cc1cccc(NC(=O)C(=O)NN=Cc2ccc3c(c2)OCO3)c1C. The maximum atomic E-state index is 11.9. The molecule has 1 heterocycles. The Balaban J connectivity index is 1.58. The van der Waals surface area contributed by atoms with E-state index in [9.17, 15) is 9.59 Å². The molecule has 0 atom stereocenters. The van der Waals surface area contributed by atoms with Gasteiger partial charge in [-0.2, -0.15) is 5.10 Å². The van der Waals surface area contributed by atoms with Gasteiger partial charge in [0.25, 0.3) is 0 Å². The van der Waals surface area contributed by atoms with Gasteiger partial charge in [0.15, 0.2) is 11.5 Å². The minimum Gasteiger partial charge on any atom is -0.454 e. The Bertz CT molecular complexity index is 861. The molecule has 0 aliphatic carbocycles. The molecule has 2 aromatic rings. The Hall–Kier alpha value is -3.35. The van der Waals surface area contributed by atoms with E-state index in [-0.39, 0.29) is 6.79 Å². The third kappa shape index (κ3) is 3.77. The molecule has 0 bridgehead atoms. The Labute approximate surface area is 144 Å². The van der Waals surface area contributed by atoms with Gasteiger partial charge in [0.1, 0.15) is 0 Å². The van der Waals surface area contributed by atoms with Crippen LogP contribution < -0.4 is 20.2 Å². The van der Waals surface area contributed by atoms with Gasteiger partial charge in [0, 0.05) is 5.69 Å². The second kappa shape index (κ2) is 7.04. The summed E-state index contributed by atoms with van der Waals surface area (Å²) in [5, 5.41) is 6.36. The summed E-state index contributed by atoms with van der Waals surface area (Å²) >= 11 is 0. The molecule has 1 aliphatic rings. The van der Waals surface area contributed by atoms with Gasteiger partial charge in [-0.15, -0.1) is 0 Å². The van der Waals surface area contributed by atoms with Gasteiger partial charge >= 0.3 is 11.8 Å². The highest BCUT2D eigenvalue weighted by molar-refractivity contribution is 6.39. The molecule has 2 aromatic carbocycles. The first-order valence-electron chi connectivity index (χ1n) is 7.65. The van der Waals surface area contributed by atoms with Crippen LogP contribution in [0.25, 0.3) is 0 Å². The highest BCUT2D eigenvalue weighted by atomic mass is 16.7. The van der Waals surface area contributed by atoms with Crippen molar-refractivity contribution in [3.8, 4) is 11.5 Å². The van der Waals surface area contributed by atoms with E-state index in [0.29, 0.717) is 22.7 Å². The molecule has 7 heteroatoms. The lowest BCUT2D eigenvalue weighted by atomic mass is 10.1. The van der Waals surface area contributed by atoms with Crippen LogP contribution in [-0.2, 0) is 9.59 Å². The molecule has 0 fully saturated rings. The lowest BCUT2D eigenvalue weighted by Crippen LogP contribution is -2.32. The number of nitrogens with one attached hydrogen (secondary N) is 2. The number of hydrogen-bond acceptors (Lipinski definition) is 5. The van der Waals surface area contributed by atoms with Crippen LogP contribution in [0, 0.1) is 13.8 Å². The molecule has 0 aromatic heterocycles. The Morgan fingerprint density at radius 2 is 1.88 bits per heavy atom. The van der Waals surface area contributed by atoms with Crippen molar-refractivity contribution in [2.24, 2.45) is 5.10 Å². The van der Waals surface area contributed by atoms with E-state index in [2.05, 4.69) is 15.8 Å². The summed E-state index contributed by atoms with van der Waals surface area (Å²) in [5.41, 5.74) is 5.44. The molecular formula is C18H17N3O4. The first-order chi connectivity index (χ1) is 12.0. The van der Waals surface area contributed by atoms with Gasteiger partial charge in [0.05, 0.1) is 6.21 Å². The van der Waals surface area contributed by atoms with Crippen molar-refractivity contribution in [1.82, 2.24) is 5.43 Å². The molecule has 2 amide bonds. The van der Waals surface area contributed by atoms with E-state index >= 15 is 0 Å². The van der Waals surface area contributed by atoms with E-state index < -0.39 is 11.8 Å². The fourth-order valence-electron chi connectivity index (χ4n) is 2.28. The topological polar surface area (TPSA) is 89.0 Å². The van der Waals surface area contributed by atoms with Crippen molar-refractivity contribution in [2.75, 3.05) is 12.1 Å². The fourth-order valence-corrected chi connectivity index (χ4v) is 2.28. The van der Waals surface area contributed by atoms with Crippen LogP contribution in [0.15, 0.2) is 41.5 Å². The van der Waals surface area contributed by atoms with Crippen LogP contribution in [0.3, 0.4) is 0 Å². The van der Waals surface area contributed by atoms with Crippen molar-refractivity contribution in [1.29, 1.82) is 0 Å². The predicted octanol–water partition coefficient (Wildman–Crippen LogP) is 2.12. The molecule has 7 nitrogen and oxygen atoms in total. The van der Waals surface area contributed by atoms with Crippen LogP contribution >= 0.6 is 0 Å². The molecular weight excluding hydrogens is 322 g/mol. The van der Waals surface area contributed by atoms with Gasteiger partial charge in [-0.3, -0.25) is 9.59 Å². The number of nitrogens with zero attached hydrogens (tertiary/aromatic N) is 1. The number of anilines is 1. The van der Waals surface area contributed by atoms with Gasteiger partial charge in [0.2, 0.25) is 6.79 Å². The molecule has 128 valence electrons. The van der Waals surface area contributed by atoms with Gasteiger partial charge in [-0.05, 0) is 54.8 Å². The number of benzene rings is 2. The van der Waals surface area contributed by atoms with Crippen molar-refractivity contribution in [3.05, 3.63) is 53.1 Å². The highest BCUT2D eigenvalue weighted by Gasteiger charge is 2.15. The van der Waals surface area contributed by atoms with E-state index in [1.807, 2.05) is 26.0 Å². The molecule has 0 saturated heterocycles. The smallest absolute Gasteiger partial charge is 0.329 e. The number of amides is 2. The van der Waals surface area contributed by atoms with Crippen LogP contribution in [0.4, 0.5) is 5.69 Å². The van der Waals surface area contributed by atoms with Crippen molar-refractivity contribution in [2.45, 2.75) is 13.8 Å². The van der Waals surface area contributed by atoms with Crippen molar-refractivity contribution in [3.63, 3.8) is 0 Å². The highest BCUT2D eigenvalue weighted by Crippen LogP contribution is 2.31. The van der Waals surface area contributed by atoms with Crippen LogP contribution in [0.1, 0.15) is 16.7 Å². The maximum Gasteiger partial charge on any atom is 0.329 e. The zero-order valence-corrected chi connectivity index (χ0v) is 13.8. The number of fused-ring (bicyclic) bond motifs is 1. The summed E-state index contributed by atoms with van der Waals surface area (Å²) in [6, 6.07) is 10.7. The van der Waals surface area contributed by atoms with E-state index in [4.69, 9.17) is 9.47 Å². The summed E-state index contributed by atoms with van der Waals surface area (Å²) in [5.74, 6) is -0.355. The number of hydrazone groups is 1. The van der Waals surface area contributed by atoms with Gasteiger partial charge < -0.3 is 14.8 Å². The number of carbonyl (C=O) groups excluding carboxylic acids is 2. The number of carbonyl (C=O) groups is 2. The largest absolute Gasteiger partial charge is 0.454 e. The molecule has 25 heavy (non-hydrogen) atoms. The van der Waals surface area contributed by atoms with Crippen LogP contribution in [-0.4, -0.2) is 24.8 Å². The van der Waals surface area contributed by atoms with Crippen LogP contribution in [0.5, 0.6) is 11.5 Å². The lowest BCUT2D eigenvalue weighted by molar-refractivity contribution is -0.136. The number of aryl methyl sites for hydroxylation is 1. The molecule has 2 N–H and O–H groups in total. The maximum absolute atomic E-state index is 11.9. The molecule has 0 radical (unpaired) electrons. The van der Waals surface area contributed by atoms with Gasteiger partial charge in [-0.1, -0.05) is 12.1 Å². The zero-order chi connectivity index (χ0) is 17.8. The first-order valence-corrected chi connectivity index (χ1v) is 7.65. The van der Waals surface area contributed by atoms with E-state index in [1.165, 1.54) is 6.21 Å². The molecule has 3 rings (SSSR count). The minimum absolute atomic E-state index is 0.186. The fraction of sp³-hybridized carbons (Fsp3) is 0.167. The van der Waals surface area contributed by atoms with E-state index in [0.717, 1.165) is 11.1 Å². The summed E-state index contributed by atoms with van der Waals surface area (Å²) in [4.78, 5) is 23.8. The van der Waals surface area contributed by atoms with Crippen LogP contribution in [0.2, 0.25) is 0 Å². The third-order valence-electron chi connectivity index (χ3n) is 3.84. The number of ether oxygens (including phenoxy) is 2. The standard InChI is InChI=1S/C18H17N3O4/c1-11-4-3-5-14(12(11)2)20-17(22)18(23)21-19-9-13-6-7-15-16(8-13)25-10-24-15/h3-9H,10H2,1-2H3,(H,20,22)(H,21,23). The summed E-state index contributed by atoms with van der Waals surface area (Å²) in [6.07, 6.45) is 1.42. The monoisotopic (exact) mass is 339 g/mol. The second-order valence-electron chi connectivity index (χ2n) is 5.51. The molecule has 1 aliphatic heterocycles. The van der Waals surface area contributed by atoms with Gasteiger partial charge in [-0.25, -0.2) is 5.43 Å². The lowest BCUT2D eigenvalue weighted by Gasteiger charge is -2.09.